The average Bonchev–Trinajstić information content (AvgIpc) is 2.61. The number of hydrogen-bond donors (Lipinski definition) is 1. The van der Waals surface area contributed by atoms with Crippen molar-refractivity contribution in [3.05, 3.63) is 41.5 Å². The molecule has 27 heavy (non-hydrogen) atoms. The lowest BCUT2D eigenvalue weighted by Crippen LogP contribution is -2.45. The Morgan fingerprint density at radius 3 is 2.44 bits per heavy atom. The van der Waals surface area contributed by atoms with Crippen molar-refractivity contribution in [1.29, 1.82) is 0 Å². The van der Waals surface area contributed by atoms with Crippen LogP contribution in [-0.4, -0.2) is 40.3 Å². The molecule has 0 saturated carbocycles. The molecule has 1 aliphatic heterocycles. The van der Waals surface area contributed by atoms with Gasteiger partial charge in [-0.1, -0.05) is 12.1 Å². The number of anilines is 1. The minimum absolute atomic E-state index is 0.326. The van der Waals surface area contributed by atoms with Gasteiger partial charge in [0.15, 0.2) is 0 Å². The monoisotopic (exact) mass is 378 g/mol. The van der Waals surface area contributed by atoms with Gasteiger partial charge in [-0.25, -0.2) is 0 Å². The number of nitrogens with zero attached hydrogens (tertiary/aromatic N) is 3. The molecule has 1 saturated heterocycles. The highest BCUT2D eigenvalue weighted by Crippen LogP contribution is 2.31. The van der Waals surface area contributed by atoms with Crippen LogP contribution in [0.3, 0.4) is 0 Å². The summed E-state index contributed by atoms with van der Waals surface area (Å²) in [4.78, 5) is 2.44. The molecule has 1 N–H and O–H groups in total. The van der Waals surface area contributed by atoms with Crippen LogP contribution < -0.4 is 5.32 Å². The third kappa shape index (κ3) is 4.77. The number of piperidine rings is 1. The molecule has 1 atom stereocenters. The van der Waals surface area contributed by atoms with Crippen molar-refractivity contribution < 1.29 is 13.2 Å². The van der Waals surface area contributed by atoms with Gasteiger partial charge in [-0.3, -0.25) is 4.90 Å². The van der Waals surface area contributed by atoms with Gasteiger partial charge in [-0.15, -0.1) is 10.2 Å². The summed E-state index contributed by atoms with van der Waals surface area (Å²) in [6, 6.07) is 7.78. The zero-order valence-corrected chi connectivity index (χ0v) is 15.8. The third-order valence-corrected chi connectivity index (χ3v) is 5.01. The molecule has 0 aliphatic carbocycles. The van der Waals surface area contributed by atoms with E-state index in [1.54, 1.807) is 0 Å². The van der Waals surface area contributed by atoms with Crippen LogP contribution in [0.2, 0.25) is 0 Å². The van der Waals surface area contributed by atoms with E-state index in [4.69, 9.17) is 0 Å². The maximum absolute atomic E-state index is 12.7. The van der Waals surface area contributed by atoms with Crippen LogP contribution in [-0.2, 0) is 6.18 Å². The summed E-state index contributed by atoms with van der Waals surface area (Å²) < 4.78 is 38.1. The number of alkyl halides is 3. The zero-order chi connectivity index (χ0) is 19.6. The third-order valence-electron chi connectivity index (χ3n) is 5.01. The lowest BCUT2D eigenvalue weighted by molar-refractivity contribution is -0.137. The van der Waals surface area contributed by atoms with Gasteiger partial charge in [0.05, 0.1) is 11.3 Å². The van der Waals surface area contributed by atoms with Crippen LogP contribution in [0.15, 0.2) is 30.3 Å². The normalized spacial score (nSPS) is 18.7. The molecule has 0 unspecified atom stereocenters. The van der Waals surface area contributed by atoms with Gasteiger partial charge in [0.25, 0.3) is 0 Å². The van der Waals surface area contributed by atoms with Crippen LogP contribution in [0.4, 0.5) is 19.0 Å². The number of benzene rings is 1. The van der Waals surface area contributed by atoms with E-state index in [1.165, 1.54) is 12.1 Å². The smallest absolute Gasteiger partial charge is 0.365 e. The van der Waals surface area contributed by atoms with Crippen molar-refractivity contribution in [2.24, 2.45) is 0 Å². The summed E-state index contributed by atoms with van der Waals surface area (Å²) in [5, 5.41) is 12.0. The topological polar surface area (TPSA) is 41.0 Å². The second-order valence-electron chi connectivity index (χ2n) is 7.41. The van der Waals surface area contributed by atoms with Gasteiger partial charge >= 0.3 is 6.18 Å². The Bertz CT molecular complexity index is 772. The minimum Gasteiger partial charge on any atom is -0.365 e. The Balaban J connectivity index is 1.72. The van der Waals surface area contributed by atoms with E-state index in [1.807, 2.05) is 13.0 Å². The molecule has 0 radical (unpaired) electrons. The van der Waals surface area contributed by atoms with E-state index < -0.39 is 11.7 Å². The van der Waals surface area contributed by atoms with Gasteiger partial charge in [0.2, 0.25) is 0 Å². The molecular formula is C20H25F3N4. The van der Waals surface area contributed by atoms with Crippen LogP contribution in [0.1, 0.15) is 37.8 Å². The fraction of sp³-hybridized carbons (Fsp3) is 0.500. The van der Waals surface area contributed by atoms with Gasteiger partial charge in [-0.05, 0) is 63.9 Å². The van der Waals surface area contributed by atoms with E-state index in [9.17, 15) is 13.2 Å². The van der Waals surface area contributed by atoms with Crippen molar-refractivity contribution in [2.75, 3.05) is 18.4 Å². The zero-order valence-electron chi connectivity index (χ0n) is 15.8. The van der Waals surface area contributed by atoms with E-state index in [-0.39, 0.29) is 0 Å². The Morgan fingerprint density at radius 2 is 1.85 bits per heavy atom. The number of halogens is 3. The highest BCUT2D eigenvalue weighted by Gasteiger charge is 2.30. The Labute approximate surface area is 157 Å². The molecule has 1 aromatic carbocycles. The summed E-state index contributed by atoms with van der Waals surface area (Å²) in [6.45, 7) is 8.39. The molecular weight excluding hydrogens is 353 g/mol. The number of likely N-dealkylation sites (tertiary alicyclic amines) is 1. The quantitative estimate of drug-likeness (QED) is 0.833. The lowest BCUT2D eigenvalue weighted by atomic mass is 10.0. The molecule has 7 heteroatoms. The molecule has 0 spiro atoms. The van der Waals surface area contributed by atoms with Crippen molar-refractivity contribution in [3.63, 3.8) is 0 Å². The van der Waals surface area contributed by atoms with Crippen LogP contribution in [0.25, 0.3) is 11.3 Å². The van der Waals surface area contributed by atoms with E-state index in [0.717, 1.165) is 43.6 Å². The van der Waals surface area contributed by atoms with Crippen molar-refractivity contribution in [2.45, 2.75) is 51.9 Å². The molecule has 0 bridgehead atoms. The Kier molecular flexibility index (Phi) is 5.69. The summed E-state index contributed by atoms with van der Waals surface area (Å²) >= 11 is 0. The number of hydrogen-bond acceptors (Lipinski definition) is 4. The van der Waals surface area contributed by atoms with E-state index in [2.05, 4.69) is 34.3 Å². The summed E-state index contributed by atoms with van der Waals surface area (Å²) in [5.41, 5.74) is 1.44. The second kappa shape index (κ2) is 7.84. The molecule has 146 valence electrons. The molecule has 2 heterocycles. The van der Waals surface area contributed by atoms with E-state index in [0.29, 0.717) is 29.2 Å². The largest absolute Gasteiger partial charge is 0.416 e. The number of rotatable bonds is 4. The fourth-order valence-electron chi connectivity index (χ4n) is 3.46. The molecule has 1 fully saturated rings. The number of aromatic nitrogens is 2. The van der Waals surface area contributed by atoms with Gasteiger partial charge in [0, 0.05) is 24.2 Å². The predicted molar refractivity (Wildman–Crippen MR) is 101 cm³/mol. The summed E-state index contributed by atoms with van der Waals surface area (Å²) in [7, 11) is 0. The first-order chi connectivity index (χ1) is 12.7. The van der Waals surface area contributed by atoms with Gasteiger partial charge < -0.3 is 5.32 Å². The Morgan fingerprint density at radius 1 is 1.15 bits per heavy atom. The first-order valence-corrected chi connectivity index (χ1v) is 9.26. The highest BCUT2D eigenvalue weighted by atomic mass is 19.4. The van der Waals surface area contributed by atoms with Crippen LogP contribution >= 0.6 is 0 Å². The SMILES string of the molecule is Cc1cc(N[C@@H]2CCCN(C(C)C)C2)nnc1-c1ccc(C(F)(F)F)cc1. The summed E-state index contributed by atoms with van der Waals surface area (Å²) in [6.07, 6.45) is -2.10. The lowest BCUT2D eigenvalue weighted by Gasteiger charge is -2.35. The maximum atomic E-state index is 12.7. The molecule has 0 amide bonds. The average molecular weight is 378 g/mol. The first kappa shape index (κ1) is 19.6. The van der Waals surface area contributed by atoms with E-state index >= 15 is 0 Å². The second-order valence-corrected chi connectivity index (χ2v) is 7.41. The van der Waals surface area contributed by atoms with Crippen LogP contribution in [0, 0.1) is 6.92 Å². The standard InChI is InChI=1S/C20H25F3N4/c1-13(2)27-10-4-5-17(12-27)24-18-11-14(3)19(26-25-18)15-6-8-16(9-7-15)20(21,22)23/h6-9,11,13,17H,4-5,10,12H2,1-3H3,(H,24,25)/t17-/m1/s1. The molecule has 4 nitrogen and oxygen atoms in total. The molecule has 1 aliphatic rings. The van der Waals surface area contributed by atoms with Gasteiger partial charge in [0.1, 0.15) is 5.82 Å². The molecule has 3 rings (SSSR count). The molecule has 2 aromatic rings. The fourth-order valence-corrected chi connectivity index (χ4v) is 3.46. The first-order valence-electron chi connectivity index (χ1n) is 9.26. The number of nitrogens with one attached hydrogen (secondary N) is 1. The Hall–Kier alpha value is -2.15. The van der Waals surface area contributed by atoms with Crippen molar-refractivity contribution >= 4 is 5.82 Å². The minimum atomic E-state index is -4.34. The maximum Gasteiger partial charge on any atom is 0.416 e. The highest BCUT2D eigenvalue weighted by molar-refractivity contribution is 5.64. The van der Waals surface area contributed by atoms with Gasteiger partial charge in [-0.2, -0.15) is 13.2 Å². The summed E-state index contributed by atoms with van der Waals surface area (Å²) in [5.74, 6) is 0.707. The molecule has 1 aromatic heterocycles. The van der Waals surface area contributed by atoms with Crippen molar-refractivity contribution in [1.82, 2.24) is 15.1 Å². The number of aryl methyl sites for hydroxylation is 1. The van der Waals surface area contributed by atoms with Crippen LogP contribution in [0.5, 0.6) is 0 Å². The predicted octanol–water partition coefficient (Wildman–Crippen LogP) is 4.76. The van der Waals surface area contributed by atoms with Crippen molar-refractivity contribution in [3.8, 4) is 11.3 Å².